The van der Waals surface area contributed by atoms with E-state index in [-0.39, 0.29) is 12.2 Å². The number of hydrogen-bond donors (Lipinski definition) is 1. The van der Waals surface area contributed by atoms with Crippen molar-refractivity contribution >= 4 is 17.8 Å². The van der Waals surface area contributed by atoms with Crippen LogP contribution in [0.4, 0.5) is 17.8 Å². The Hall–Kier alpha value is -1.63. The second-order valence-corrected chi connectivity index (χ2v) is 5.65. The standard InChI is InChI=1S/C13H22N6O/c1-9-7-19(8-10(2)20-9)13-16-11(14)15-12(17-13)18-5-3-4-6-18/h9-10H,3-8H2,1-2H3,(H2,14,15,16,17)/t9-,10+. The fraction of sp³-hybridized carbons (Fsp3) is 0.769. The molecule has 2 aliphatic rings. The smallest absolute Gasteiger partial charge is 0.232 e. The molecule has 0 spiro atoms. The molecule has 2 saturated heterocycles. The molecule has 1 aromatic heterocycles. The highest BCUT2D eigenvalue weighted by Gasteiger charge is 2.26. The molecule has 2 N–H and O–H groups in total. The van der Waals surface area contributed by atoms with Gasteiger partial charge < -0.3 is 20.3 Å². The largest absolute Gasteiger partial charge is 0.372 e. The number of hydrogen-bond acceptors (Lipinski definition) is 7. The Morgan fingerprint density at radius 1 is 0.950 bits per heavy atom. The SMILES string of the molecule is C[C@@H]1CN(c2nc(N)nc(N3CCCC3)n2)C[C@H](C)O1. The number of nitrogens with two attached hydrogens (primary N) is 1. The van der Waals surface area contributed by atoms with Gasteiger partial charge in [-0.15, -0.1) is 0 Å². The zero-order valence-corrected chi connectivity index (χ0v) is 12.1. The summed E-state index contributed by atoms with van der Waals surface area (Å²) in [6.45, 7) is 7.70. The first-order valence-corrected chi connectivity index (χ1v) is 7.29. The van der Waals surface area contributed by atoms with E-state index in [1.54, 1.807) is 0 Å². The van der Waals surface area contributed by atoms with E-state index in [1.807, 2.05) is 0 Å². The Labute approximate surface area is 119 Å². The summed E-state index contributed by atoms with van der Waals surface area (Å²) in [6, 6.07) is 0. The Bertz CT molecular complexity index is 466. The van der Waals surface area contributed by atoms with Crippen LogP contribution in [-0.2, 0) is 4.74 Å². The molecule has 3 rings (SSSR count). The number of nitrogen functional groups attached to an aromatic ring is 1. The van der Waals surface area contributed by atoms with Gasteiger partial charge in [-0.05, 0) is 26.7 Å². The third-order valence-corrected chi connectivity index (χ3v) is 3.72. The van der Waals surface area contributed by atoms with Crippen LogP contribution in [0.5, 0.6) is 0 Å². The lowest BCUT2D eigenvalue weighted by molar-refractivity contribution is -0.00572. The highest BCUT2D eigenvalue weighted by molar-refractivity contribution is 5.44. The van der Waals surface area contributed by atoms with E-state index in [2.05, 4.69) is 38.6 Å². The lowest BCUT2D eigenvalue weighted by atomic mass is 10.2. The predicted molar refractivity (Wildman–Crippen MR) is 77.9 cm³/mol. The summed E-state index contributed by atoms with van der Waals surface area (Å²) in [6.07, 6.45) is 2.72. The van der Waals surface area contributed by atoms with E-state index in [4.69, 9.17) is 10.5 Å². The average molecular weight is 278 g/mol. The quantitative estimate of drug-likeness (QED) is 0.851. The number of aromatic nitrogens is 3. The molecule has 1 aromatic rings. The molecule has 7 nitrogen and oxygen atoms in total. The Morgan fingerprint density at radius 2 is 1.50 bits per heavy atom. The van der Waals surface area contributed by atoms with Gasteiger partial charge in [0.15, 0.2) is 0 Å². The maximum absolute atomic E-state index is 5.86. The highest BCUT2D eigenvalue weighted by atomic mass is 16.5. The molecule has 0 aromatic carbocycles. The maximum atomic E-state index is 5.86. The molecule has 110 valence electrons. The van der Waals surface area contributed by atoms with Crippen molar-refractivity contribution < 1.29 is 4.74 Å². The molecule has 0 bridgehead atoms. The van der Waals surface area contributed by atoms with E-state index < -0.39 is 0 Å². The number of ether oxygens (including phenoxy) is 1. The van der Waals surface area contributed by atoms with Gasteiger partial charge in [0.05, 0.1) is 12.2 Å². The summed E-state index contributed by atoms with van der Waals surface area (Å²) < 4.78 is 5.74. The molecule has 2 fully saturated rings. The van der Waals surface area contributed by atoms with Crippen LogP contribution in [-0.4, -0.2) is 53.3 Å². The van der Waals surface area contributed by atoms with E-state index >= 15 is 0 Å². The van der Waals surface area contributed by atoms with Crippen LogP contribution in [0.25, 0.3) is 0 Å². The molecule has 3 heterocycles. The van der Waals surface area contributed by atoms with Gasteiger partial charge in [0, 0.05) is 26.2 Å². The zero-order valence-electron chi connectivity index (χ0n) is 12.1. The van der Waals surface area contributed by atoms with Crippen LogP contribution in [0.1, 0.15) is 26.7 Å². The third kappa shape index (κ3) is 2.77. The van der Waals surface area contributed by atoms with Gasteiger partial charge in [0.2, 0.25) is 17.8 Å². The van der Waals surface area contributed by atoms with Gasteiger partial charge in [-0.3, -0.25) is 0 Å². The molecule has 7 heteroatoms. The van der Waals surface area contributed by atoms with E-state index in [1.165, 1.54) is 12.8 Å². The lowest BCUT2D eigenvalue weighted by Crippen LogP contribution is -2.46. The summed E-state index contributed by atoms with van der Waals surface area (Å²) >= 11 is 0. The maximum Gasteiger partial charge on any atom is 0.232 e. The second kappa shape index (κ2) is 5.40. The van der Waals surface area contributed by atoms with Gasteiger partial charge in [0.1, 0.15) is 0 Å². The van der Waals surface area contributed by atoms with Crippen LogP contribution in [0, 0.1) is 0 Å². The van der Waals surface area contributed by atoms with Crippen LogP contribution < -0.4 is 15.5 Å². The minimum absolute atomic E-state index is 0.173. The monoisotopic (exact) mass is 278 g/mol. The first kappa shape index (κ1) is 13.4. The molecule has 0 aliphatic carbocycles. The minimum atomic E-state index is 0.173. The van der Waals surface area contributed by atoms with Crippen molar-refractivity contribution in [3.63, 3.8) is 0 Å². The highest BCUT2D eigenvalue weighted by Crippen LogP contribution is 2.21. The molecule has 0 radical (unpaired) electrons. The zero-order chi connectivity index (χ0) is 14.1. The first-order valence-electron chi connectivity index (χ1n) is 7.29. The minimum Gasteiger partial charge on any atom is -0.372 e. The van der Waals surface area contributed by atoms with Gasteiger partial charge in [-0.2, -0.15) is 15.0 Å². The van der Waals surface area contributed by atoms with Crippen molar-refractivity contribution in [1.82, 2.24) is 15.0 Å². The molecular formula is C13H22N6O. The summed E-state index contributed by atoms with van der Waals surface area (Å²) in [5.41, 5.74) is 5.86. The molecular weight excluding hydrogens is 256 g/mol. The summed E-state index contributed by atoms with van der Waals surface area (Å²) in [7, 11) is 0. The summed E-state index contributed by atoms with van der Waals surface area (Å²) in [5, 5.41) is 0. The van der Waals surface area contributed by atoms with Crippen LogP contribution in [0.3, 0.4) is 0 Å². The Kier molecular flexibility index (Phi) is 3.60. The van der Waals surface area contributed by atoms with Crippen LogP contribution in [0.15, 0.2) is 0 Å². The molecule has 0 amide bonds. The van der Waals surface area contributed by atoms with Crippen molar-refractivity contribution in [2.75, 3.05) is 41.7 Å². The normalized spacial score (nSPS) is 27.1. The van der Waals surface area contributed by atoms with Gasteiger partial charge in [0.25, 0.3) is 0 Å². The lowest BCUT2D eigenvalue weighted by Gasteiger charge is -2.35. The Morgan fingerprint density at radius 3 is 2.10 bits per heavy atom. The summed E-state index contributed by atoms with van der Waals surface area (Å²) in [5.74, 6) is 1.67. The van der Waals surface area contributed by atoms with Crippen molar-refractivity contribution in [1.29, 1.82) is 0 Å². The Balaban J connectivity index is 1.85. The van der Waals surface area contributed by atoms with E-state index in [0.717, 1.165) is 26.2 Å². The molecule has 2 atom stereocenters. The van der Waals surface area contributed by atoms with E-state index in [9.17, 15) is 0 Å². The first-order chi connectivity index (χ1) is 9.61. The van der Waals surface area contributed by atoms with Crippen LogP contribution in [0.2, 0.25) is 0 Å². The number of morpholine rings is 1. The molecule has 2 aliphatic heterocycles. The average Bonchev–Trinajstić information content (AvgIpc) is 2.90. The molecule has 0 saturated carbocycles. The fourth-order valence-electron chi connectivity index (χ4n) is 2.91. The molecule has 20 heavy (non-hydrogen) atoms. The predicted octanol–water partition coefficient (Wildman–Crippen LogP) is 0.668. The van der Waals surface area contributed by atoms with Crippen molar-refractivity contribution in [3.8, 4) is 0 Å². The van der Waals surface area contributed by atoms with Gasteiger partial charge >= 0.3 is 0 Å². The van der Waals surface area contributed by atoms with Gasteiger partial charge in [-0.25, -0.2) is 0 Å². The second-order valence-electron chi connectivity index (χ2n) is 5.65. The molecule has 0 unspecified atom stereocenters. The van der Waals surface area contributed by atoms with Gasteiger partial charge in [-0.1, -0.05) is 0 Å². The van der Waals surface area contributed by atoms with Crippen molar-refractivity contribution in [2.45, 2.75) is 38.9 Å². The third-order valence-electron chi connectivity index (χ3n) is 3.72. The van der Waals surface area contributed by atoms with Crippen LogP contribution >= 0.6 is 0 Å². The van der Waals surface area contributed by atoms with E-state index in [0.29, 0.717) is 17.8 Å². The van der Waals surface area contributed by atoms with Crippen molar-refractivity contribution in [2.24, 2.45) is 0 Å². The fourth-order valence-corrected chi connectivity index (χ4v) is 2.91. The summed E-state index contributed by atoms with van der Waals surface area (Å²) in [4.78, 5) is 17.5. The number of rotatable bonds is 2. The van der Waals surface area contributed by atoms with Crippen molar-refractivity contribution in [3.05, 3.63) is 0 Å². The topological polar surface area (TPSA) is 80.4 Å². The number of nitrogens with zero attached hydrogens (tertiary/aromatic N) is 5. The number of anilines is 3.